The van der Waals surface area contributed by atoms with Crippen molar-refractivity contribution in [3.05, 3.63) is 69.6 Å². The molecule has 5 nitrogen and oxygen atoms in total. The number of rotatable bonds is 6. The Bertz CT molecular complexity index is 1080. The Morgan fingerprint density at radius 2 is 1.83 bits per heavy atom. The first kappa shape index (κ1) is 21.3. The molecule has 1 fully saturated rings. The van der Waals surface area contributed by atoms with E-state index in [-0.39, 0.29) is 28.4 Å². The van der Waals surface area contributed by atoms with E-state index in [1.807, 2.05) is 0 Å². The maximum absolute atomic E-state index is 12.9. The van der Waals surface area contributed by atoms with Crippen molar-refractivity contribution in [3.63, 3.8) is 0 Å². The third kappa shape index (κ3) is 4.62. The lowest BCUT2D eigenvalue weighted by Gasteiger charge is -2.13. The summed E-state index contributed by atoms with van der Waals surface area (Å²) in [4.78, 5) is 14.3. The highest BCUT2D eigenvalue weighted by molar-refractivity contribution is 7.92. The summed E-state index contributed by atoms with van der Waals surface area (Å²) in [6.45, 7) is 1.50. The Balaban J connectivity index is 2.04. The number of hydrogen-bond donors (Lipinski definition) is 2. The topological polar surface area (TPSA) is 87.2 Å². The monoisotopic (exact) mass is 427 g/mol. The molecular weight excluding hydrogens is 407 g/mol. The number of pyridine rings is 1. The molecule has 156 valence electrons. The SMILES string of the molecule is C[C@H](C=C(c1ccc(S(=O)(=O)C2CC2)cc1)c1ccc(C(F)(F)F)c(=O)[nH]1)CO. The highest BCUT2D eigenvalue weighted by Crippen LogP contribution is 2.34. The fraction of sp³-hybridized carbons (Fsp3) is 0.350. The highest BCUT2D eigenvalue weighted by atomic mass is 32.2. The summed E-state index contributed by atoms with van der Waals surface area (Å²) in [5, 5.41) is 9.00. The number of H-pyrrole nitrogens is 1. The number of sulfone groups is 1. The Morgan fingerprint density at radius 1 is 1.21 bits per heavy atom. The van der Waals surface area contributed by atoms with Gasteiger partial charge >= 0.3 is 6.18 Å². The van der Waals surface area contributed by atoms with Crippen LogP contribution in [0.25, 0.3) is 5.57 Å². The van der Waals surface area contributed by atoms with Crippen molar-refractivity contribution in [2.24, 2.45) is 5.92 Å². The number of aliphatic hydroxyl groups is 1. The van der Waals surface area contributed by atoms with E-state index in [4.69, 9.17) is 0 Å². The fourth-order valence-electron chi connectivity index (χ4n) is 2.93. The summed E-state index contributed by atoms with van der Waals surface area (Å²) in [6, 6.07) is 7.83. The van der Waals surface area contributed by atoms with Gasteiger partial charge in [-0.1, -0.05) is 25.1 Å². The number of hydrogen-bond acceptors (Lipinski definition) is 4. The lowest BCUT2D eigenvalue weighted by Crippen LogP contribution is -2.22. The molecule has 0 aliphatic heterocycles. The van der Waals surface area contributed by atoms with Gasteiger partial charge in [0.1, 0.15) is 5.56 Å². The number of aromatic nitrogens is 1. The molecule has 0 bridgehead atoms. The van der Waals surface area contributed by atoms with Crippen molar-refractivity contribution >= 4 is 15.4 Å². The summed E-state index contributed by atoms with van der Waals surface area (Å²) in [5.74, 6) is -0.342. The quantitative estimate of drug-likeness (QED) is 0.740. The van der Waals surface area contributed by atoms with E-state index >= 15 is 0 Å². The highest BCUT2D eigenvalue weighted by Gasteiger charge is 2.37. The summed E-state index contributed by atoms with van der Waals surface area (Å²) in [6.07, 6.45) is -1.89. The van der Waals surface area contributed by atoms with Gasteiger partial charge in [-0.3, -0.25) is 4.79 Å². The summed E-state index contributed by atoms with van der Waals surface area (Å²) < 4.78 is 63.3. The van der Waals surface area contributed by atoms with Crippen molar-refractivity contribution in [2.45, 2.75) is 36.1 Å². The fourth-order valence-corrected chi connectivity index (χ4v) is 4.58. The molecular formula is C20H20F3NO4S. The van der Waals surface area contributed by atoms with E-state index in [2.05, 4.69) is 4.98 Å². The molecule has 9 heteroatoms. The van der Waals surface area contributed by atoms with Gasteiger partial charge in [0.25, 0.3) is 5.56 Å². The molecule has 1 heterocycles. The minimum Gasteiger partial charge on any atom is -0.396 e. The molecule has 2 N–H and O–H groups in total. The lowest BCUT2D eigenvalue weighted by molar-refractivity contribution is -0.138. The summed E-state index contributed by atoms with van der Waals surface area (Å²) >= 11 is 0. The molecule has 3 rings (SSSR count). The maximum Gasteiger partial charge on any atom is 0.421 e. The normalized spacial score (nSPS) is 16.7. The van der Waals surface area contributed by atoms with E-state index in [1.54, 1.807) is 25.1 Å². The Morgan fingerprint density at radius 3 is 2.31 bits per heavy atom. The average Bonchev–Trinajstić information content (AvgIpc) is 3.50. The summed E-state index contributed by atoms with van der Waals surface area (Å²) in [7, 11) is -3.37. The standard InChI is InChI=1S/C20H20F3NO4S/c1-12(11-25)10-16(18-9-8-17(19(26)24-18)20(21,22)23)13-2-4-14(5-3-13)29(27,28)15-6-7-15/h2-5,8-10,12,15,25H,6-7,11H2,1H3,(H,24,26)/t12-/m1/s1. The predicted octanol–water partition coefficient (Wildman–Crippen LogP) is 3.39. The Hall–Kier alpha value is -2.39. The van der Waals surface area contributed by atoms with E-state index < -0.39 is 27.1 Å². The zero-order chi connectivity index (χ0) is 21.4. The second-order valence-electron chi connectivity index (χ2n) is 7.12. The maximum atomic E-state index is 12.9. The van der Waals surface area contributed by atoms with Crippen molar-refractivity contribution in [3.8, 4) is 0 Å². The molecule has 0 amide bonds. The Kier molecular flexibility index (Phi) is 5.73. The molecule has 1 saturated carbocycles. The first-order valence-corrected chi connectivity index (χ1v) is 10.6. The van der Waals surface area contributed by atoms with E-state index in [9.17, 15) is 31.5 Å². The smallest absolute Gasteiger partial charge is 0.396 e. The van der Waals surface area contributed by atoms with E-state index in [0.29, 0.717) is 30.0 Å². The van der Waals surface area contributed by atoms with Crippen molar-refractivity contribution in [2.75, 3.05) is 6.61 Å². The summed E-state index contributed by atoms with van der Waals surface area (Å²) in [5.41, 5.74) is -1.53. The largest absolute Gasteiger partial charge is 0.421 e. The van der Waals surface area contributed by atoms with Gasteiger partial charge in [0.15, 0.2) is 9.84 Å². The van der Waals surface area contributed by atoms with Crippen molar-refractivity contribution in [1.82, 2.24) is 4.98 Å². The minimum atomic E-state index is -4.77. The van der Waals surface area contributed by atoms with Gasteiger partial charge in [-0.15, -0.1) is 0 Å². The van der Waals surface area contributed by atoms with Crippen LogP contribution in [0.1, 0.15) is 36.6 Å². The van der Waals surface area contributed by atoms with Gasteiger partial charge in [-0.25, -0.2) is 8.42 Å². The van der Waals surface area contributed by atoms with Crippen LogP contribution in [-0.2, 0) is 16.0 Å². The van der Waals surface area contributed by atoms with Gasteiger partial charge in [0.2, 0.25) is 0 Å². The first-order valence-electron chi connectivity index (χ1n) is 9.02. The van der Waals surface area contributed by atoms with E-state index in [1.165, 1.54) is 12.1 Å². The minimum absolute atomic E-state index is 0.140. The zero-order valence-electron chi connectivity index (χ0n) is 15.5. The van der Waals surface area contributed by atoms with Crippen LogP contribution in [0.2, 0.25) is 0 Å². The third-order valence-corrected chi connectivity index (χ3v) is 6.98. The van der Waals surface area contributed by atoms with Crippen LogP contribution in [0.3, 0.4) is 0 Å². The molecule has 1 aromatic carbocycles. The molecule has 0 saturated heterocycles. The number of benzene rings is 1. The number of aromatic amines is 1. The van der Waals surface area contributed by atoms with Gasteiger partial charge < -0.3 is 10.1 Å². The van der Waals surface area contributed by atoms with Crippen LogP contribution in [0.5, 0.6) is 0 Å². The van der Waals surface area contributed by atoms with Crippen LogP contribution >= 0.6 is 0 Å². The van der Waals surface area contributed by atoms with Crippen LogP contribution in [0, 0.1) is 5.92 Å². The van der Waals surface area contributed by atoms with Crippen molar-refractivity contribution in [1.29, 1.82) is 0 Å². The molecule has 2 aromatic rings. The van der Waals surface area contributed by atoms with Crippen LogP contribution in [0.15, 0.2) is 52.2 Å². The van der Waals surface area contributed by atoms with Crippen LogP contribution in [-0.4, -0.2) is 30.4 Å². The van der Waals surface area contributed by atoms with Gasteiger partial charge in [0, 0.05) is 17.9 Å². The van der Waals surface area contributed by atoms with Crippen LogP contribution in [0.4, 0.5) is 13.2 Å². The molecule has 1 aliphatic rings. The van der Waals surface area contributed by atoms with Gasteiger partial charge in [-0.05, 0) is 48.6 Å². The molecule has 0 radical (unpaired) electrons. The average molecular weight is 427 g/mol. The number of alkyl halides is 3. The number of nitrogens with one attached hydrogen (secondary N) is 1. The molecule has 29 heavy (non-hydrogen) atoms. The second-order valence-corrected chi connectivity index (χ2v) is 9.35. The predicted molar refractivity (Wildman–Crippen MR) is 102 cm³/mol. The zero-order valence-corrected chi connectivity index (χ0v) is 16.3. The molecule has 0 spiro atoms. The van der Waals surface area contributed by atoms with Gasteiger partial charge in [0.05, 0.1) is 10.1 Å². The molecule has 1 aromatic heterocycles. The second kappa shape index (κ2) is 7.79. The number of aliphatic hydroxyl groups excluding tert-OH is 1. The molecule has 1 aliphatic carbocycles. The van der Waals surface area contributed by atoms with Gasteiger partial charge in [-0.2, -0.15) is 13.2 Å². The Labute approximate surface area is 165 Å². The van der Waals surface area contributed by atoms with E-state index in [0.717, 1.165) is 6.07 Å². The third-order valence-electron chi connectivity index (χ3n) is 4.70. The molecule has 0 unspecified atom stereocenters. The first-order chi connectivity index (χ1) is 13.5. The molecule has 1 atom stereocenters. The number of halogens is 3. The van der Waals surface area contributed by atoms with Crippen molar-refractivity contribution < 1.29 is 26.7 Å². The lowest BCUT2D eigenvalue weighted by atomic mass is 9.97. The van der Waals surface area contributed by atoms with Crippen LogP contribution < -0.4 is 5.56 Å².